The molecule has 8 heteroatoms. The normalized spacial score (nSPS) is 13.8. The van der Waals surface area contributed by atoms with Crippen LogP contribution in [0.15, 0.2) is 54.6 Å². The highest BCUT2D eigenvalue weighted by atomic mass is 16.5. The van der Waals surface area contributed by atoms with Gasteiger partial charge in [-0.05, 0) is 30.2 Å². The lowest BCUT2D eigenvalue weighted by Gasteiger charge is -2.15. The number of nitrogens with one attached hydrogen (secondary N) is 1. The first-order valence-corrected chi connectivity index (χ1v) is 9.13. The van der Waals surface area contributed by atoms with E-state index < -0.39 is 30.3 Å². The van der Waals surface area contributed by atoms with E-state index in [1.54, 1.807) is 24.3 Å². The van der Waals surface area contributed by atoms with Crippen molar-refractivity contribution in [1.82, 2.24) is 15.1 Å². The van der Waals surface area contributed by atoms with E-state index in [9.17, 15) is 19.2 Å². The highest BCUT2D eigenvalue weighted by molar-refractivity contribution is 6.44. The fourth-order valence-electron chi connectivity index (χ4n) is 2.86. The number of nitrogens with zero attached hydrogens (tertiary/aromatic N) is 2. The number of carbonyl (C=O) groups is 4. The van der Waals surface area contributed by atoms with E-state index in [0.717, 1.165) is 10.5 Å². The number of ether oxygens (including phenoxy) is 1. The third-order valence-electron chi connectivity index (χ3n) is 4.30. The highest BCUT2D eigenvalue weighted by Gasteiger charge is 2.45. The monoisotopic (exact) mass is 395 g/mol. The molecular weight excluding hydrogens is 374 g/mol. The van der Waals surface area contributed by atoms with Gasteiger partial charge in [0.15, 0.2) is 0 Å². The van der Waals surface area contributed by atoms with Crippen molar-refractivity contribution in [2.45, 2.75) is 13.5 Å². The number of hydrogen-bond donors (Lipinski definition) is 1. The molecule has 1 aliphatic rings. The van der Waals surface area contributed by atoms with Crippen molar-refractivity contribution >= 4 is 23.8 Å². The Morgan fingerprint density at radius 1 is 0.966 bits per heavy atom. The molecule has 0 saturated carbocycles. The average molecular weight is 395 g/mol. The minimum Gasteiger partial charge on any atom is -0.492 e. The molecule has 0 bridgehead atoms. The second kappa shape index (κ2) is 9.01. The summed E-state index contributed by atoms with van der Waals surface area (Å²) in [5.74, 6) is -1.80. The second-order valence-electron chi connectivity index (χ2n) is 6.57. The molecule has 5 amide bonds. The molecule has 0 radical (unpaired) electrons. The number of aryl methyl sites for hydroxylation is 1. The van der Waals surface area contributed by atoms with Gasteiger partial charge in [-0.2, -0.15) is 0 Å². The van der Waals surface area contributed by atoms with Gasteiger partial charge in [-0.1, -0.05) is 42.5 Å². The molecule has 1 saturated heterocycles. The first kappa shape index (κ1) is 20.1. The maximum atomic E-state index is 12.4. The van der Waals surface area contributed by atoms with Crippen LogP contribution in [0.3, 0.4) is 0 Å². The Labute approximate surface area is 168 Å². The molecule has 3 rings (SSSR count). The number of rotatable bonds is 8. The Hall–Kier alpha value is -3.68. The molecule has 0 aromatic heterocycles. The van der Waals surface area contributed by atoms with E-state index in [-0.39, 0.29) is 19.7 Å². The van der Waals surface area contributed by atoms with Crippen LogP contribution in [0, 0.1) is 6.92 Å². The molecule has 0 aliphatic carbocycles. The summed E-state index contributed by atoms with van der Waals surface area (Å²) in [5, 5.41) is 2.58. The molecule has 0 spiro atoms. The van der Waals surface area contributed by atoms with Gasteiger partial charge in [0.1, 0.15) is 18.9 Å². The van der Waals surface area contributed by atoms with E-state index in [0.29, 0.717) is 16.2 Å². The summed E-state index contributed by atoms with van der Waals surface area (Å²) in [5.41, 5.74) is 1.77. The van der Waals surface area contributed by atoms with Gasteiger partial charge in [-0.15, -0.1) is 0 Å². The Bertz CT molecular complexity index is 929. The van der Waals surface area contributed by atoms with Crippen molar-refractivity contribution in [3.63, 3.8) is 0 Å². The minimum absolute atomic E-state index is 0.0211. The number of amides is 5. The number of hydrogen-bond acceptors (Lipinski definition) is 5. The topological polar surface area (TPSA) is 96.0 Å². The summed E-state index contributed by atoms with van der Waals surface area (Å²) in [6.07, 6.45) is 0. The van der Waals surface area contributed by atoms with Crippen molar-refractivity contribution in [3.8, 4) is 5.75 Å². The summed E-state index contributed by atoms with van der Waals surface area (Å²) in [6, 6.07) is 15.5. The van der Waals surface area contributed by atoms with E-state index in [1.807, 2.05) is 37.3 Å². The Kier molecular flexibility index (Phi) is 6.23. The fourth-order valence-corrected chi connectivity index (χ4v) is 2.86. The zero-order chi connectivity index (χ0) is 20.8. The number of benzene rings is 2. The standard InChI is InChI=1S/C21H21N3O5/c1-15-6-5-9-17(12-15)29-11-10-22-18(25)14-24-20(27)19(26)23(21(24)28)13-16-7-3-2-4-8-16/h2-9,12H,10-11,13-14H2,1H3,(H,22,25). The molecule has 2 aromatic carbocycles. The number of urea groups is 1. The Balaban J connectivity index is 1.48. The second-order valence-corrected chi connectivity index (χ2v) is 6.57. The SMILES string of the molecule is Cc1cccc(OCCNC(=O)CN2C(=O)C(=O)N(Cc3ccccc3)C2=O)c1. The van der Waals surface area contributed by atoms with Crippen LogP contribution in [0.2, 0.25) is 0 Å². The molecule has 0 unspecified atom stereocenters. The van der Waals surface area contributed by atoms with Crippen LogP contribution in [0.4, 0.5) is 4.79 Å². The molecule has 2 aromatic rings. The first-order chi connectivity index (χ1) is 14.0. The first-order valence-electron chi connectivity index (χ1n) is 9.13. The van der Waals surface area contributed by atoms with Crippen LogP contribution in [0.1, 0.15) is 11.1 Å². The maximum absolute atomic E-state index is 12.4. The van der Waals surface area contributed by atoms with Gasteiger partial charge < -0.3 is 10.1 Å². The number of imide groups is 2. The van der Waals surface area contributed by atoms with Crippen LogP contribution in [0.5, 0.6) is 5.75 Å². The minimum atomic E-state index is -1.00. The smallest absolute Gasteiger partial charge is 0.335 e. The molecule has 1 aliphatic heterocycles. The number of carbonyl (C=O) groups excluding carboxylic acids is 4. The molecule has 29 heavy (non-hydrogen) atoms. The highest BCUT2D eigenvalue weighted by Crippen LogP contribution is 2.16. The predicted octanol–water partition coefficient (Wildman–Crippen LogP) is 1.48. The molecular formula is C21H21N3O5. The summed E-state index contributed by atoms with van der Waals surface area (Å²) < 4.78 is 5.53. The van der Waals surface area contributed by atoms with Crippen LogP contribution < -0.4 is 10.1 Å². The van der Waals surface area contributed by atoms with Crippen molar-refractivity contribution in [1.29, 1.82) is 0 Å². The van der Waals surface area contributed by atoms with E-state index in [2.05, 4.69) is 5.32 Å². The van der Waals surface area contributed by atoms with Crippen LogP contribution in [-0.2, 0) is 20.9 Å². The summed E-state index contributed by atoms with van der Waals surface area (Å²) >= 11 is 0. The van der Waals surface area contributed by atoms with Crippen LogP contribution >= 0.6 is 0 Å². The van der Waals surface area contributed by atoms with Crippen LogP contribution in [-0.4, -0.2) is 53.2 Å². The van der Waals surface area contributed by atoms with Gasteiger partial charge >= 0.3 is 17.8 Å². The van der Waals surface area contributed by atoms with Gasteiger partial charge in [0.2, 0.25) is 5.91 Å². The third-order valence-corrected chi connectivity index (χ3v) is 4.30. The van der Waals surface area contributed by atoms with E-state index in [4.69, 9.17) is 4.74 Å². The molecule has 8 nitrogen and oxygen atoms in total. The van der Waals surface area contributed by atoms with Gasteiger partial charge in [0.05, 0.1) is 13.1 Å². The van der Waals surface area contributed by atoms with Crippen molar-refractivity contribution < 1.29 is 23.9 Å². The molecule has 1 fully saturated rings. The quantitative estimate of drug-likeness (QED) is 0.415. The Morgan fingerprint density at radius 3 is 2.41 bits per heavy atom. The lowest BCUT2D eigenvalue weighted by atomic mass is 10.2. The van der Waals surface area contributed by atoms with Crippen LogP contribution in [0.25, 0.3) is 0 Å². The summed E-state index contributed by atoms with van der Waals surface area (Å²) in [6.45, 7) is 1.84. The zero-order valence-electron chi connectivity index (χ0n) is 16.0. The molecule has 1 N–H and O–H groups in total. The van der Waals surface area contributed by atoms with Gasteiger partial charge in [0, 0.05) is 0 Å². The lowest BCUT2D eigenvalue weighted by molar-refractivity contribution is -0.144. The fraction of sp³-hybridized carbons (Fsp3) is 0.238. The van der Waals surface area contributed by atoms with E-state index in [1.165, 1.54) is 0 Å². The molecule has 0 atom stereocenters. The zero-order valence-corrected chi connectivity index (χ0v) is 16.0. The third kappa shape index (κ3) is 4.98. The van der Waals surface area contributed by atoms with Crippen molar-refractivity contribution in [2.75, 3.05) is 19.7 Å². The van der Waals surface area contributed by atoms with Gasteiger partial charge in [-0.25, -0.2) is 9.69 Å². The molecule has 1 heterocycles. The largest absolute Gasteiger partial charge is 0.492 e. The predicted molar refractivity (Wildman–Crippen MR) is 104 cm³/mol. The average Bonchev–Trinajstić information content (AvgIpc) is 2.90. The van der Waals surface area contributed by atoms with Gasteiger partial charge in [-0.3, -0.25) is 19.3 Å². The Morgan fingerprint density at radius 2 is 1.69 bits per heavy atom. The maximum Gasteiger partial charge on any atom is 0.335 e. The lowest BCUT2D eigenvalue weighted by Crippen LogP contribution is -2.42. The summed E-state index contributed by atoms with van der Waals surface area (Å²) in [4.78, 5) is 50.2. The van der Waals surface area contributed by atoms with Crippen molar-refractivity contribution in [2.24, 2.45) is 0 Å². The summed E-state index contributed by atoms with van der Waals surface area (Å²) in [7, 11) is 0. The van der Waals surface area contributed by atoms with E-state index >= 15 is 0 Å². The van der Waals surface area contributed by atoms with Crippen molar-refractivity contribution in [3.05, 3.63) is 65.7 Å². The molecule has 150 valence electrons. The van der Waals surface area contributed by atoms with Gasteiger partial charge in [0.25, 0.3) is 0 Å².